The van der Waals surface area contributed by atoms with Gasteiger partial charge in [-0.15, -0.1) is 0 Å². The second kappa shape index (κ2) is 4.14. The lowest BCUT2D eigenvalue weighted by molar-refractivity contribution is 0.0992. The van der Waals surface area contributed by atoms with Gasteiger partial charge in [0, 0.05) is 17.5 Å². The molecule has 0 aliphatic rings. The van der Waals surface area contributed by atoms with E-state index in [1.54, 1.807) is 13.2 Å². The molecule has 0 aliphatic heterocycles. The predicted octanol–water partition coefficient (Wildman–Crippen LogP) is 1.10. The van der Waals surface area contributed by atoms with Crippen molar-refractivity contribution in [1.82, 2.24) is 10.3 Å². The van der Waals surface area contributed by atoms with Gasteiger partial charge in [0.05, 0.1) is 6.54 Å². The number of Topliss-reactive ketones (excluding diaryl/α,β-unsaturated/α-hetero) is 1. The van der Waals surface area contributed by atoms with Gasteiger partial charge in [-0.05, 0) is 32.5 Å². The Morgan fingerprint density at radius 1 is 1.54 bits per heavy atom. The van der Waals surface area contributed by atoms with Crippen LogP contribution in [0.25, 0.3) is 0 Å². The molecule has 1 aromatic heterocycles. The van der Waals surface area contributed by atoms with Crippen LogP contribution in [0.5, 0.6) is 0 Å². The SMILES string of the molecule is CNCC(=O)c1cnc(C)cc1C. The lowest BCUT2D eigenvalue weighted by Crippen LogP contribution is -2.19. The van der Waals surface area contributed by atoms with Crippen LogP contribution in [0.4, 0.5) is 0 Å². The van der Waals surface area contributed by atoms with Crippen molar-refractivity contribution in [2.24, 2.45) is 0 Å². The van der Waals surface area contributed by atoms with Crippen LogP contribution in [0.3, 0.4) is 0 Å². The highest BCUT2D eigenvalue weighted by atomic mass is 16.1. The van der Waals surface area contributed by atoms with Gasteiger partial charge in [0.15, 0.2) is 5.78 Å². The molecular weight excluding hydrogens is 164 g/mol. The van der Waals surface area contributed by atoms with Crippen LogP contribution in [0.15, 0.2) is 12.3 Å². The zero-order valence-electron chi connectivity index (χ0n) is 8.22. The van der Waals surface area contributed by atoms with Crippen molar-refractivity contribution in [2.75, 3.05) is 13.6 Å². The Morgan fingerprint density at radius 2 is 2.23 bits per heavy atom. The van der Waals surface area contributed by atoms with Crippen molar-refractivity contribution in [2.45, 2.75) is 13.8 Å². The second-order valence-electron chi connectivity index (χ2n) is 3.09. The van der Waals surface area contributed by atoms with Gasteiger partial charge < -0.3 is 5.32 Å². The van der Waals surface area contributed by atoms with Gasteiger partial charge in [0.25, 0.3) is 0 Å². The molecule has 0 bridgehead atoms. The Labute approximate surface area is 78.2 Å². The molecule has 1 N–H and O–H groups in total. The molecule has 1 heterocycles. The maximum atomic E-state index is 11.5. The zero-order valence-corrected chi connectivity index (χ0v) is 8.22. The molecule has 0 aromatic carbocycles. The molecule has 0 unspecified atom stereocenters. The van der Waals surface area contributed by atoms with Gasteiger partial charge in [-0.3, -0.25) is 9.78 Å². The Bertz CT molecular complexity index is 321. The smallest absolute Gasteiger partial charge is 0.178 e. The van der Waals surface area contributed by atoms with E-state index >= 15 is 0 Å². The summed E-state index contributed by atoms with van der Waals surface area (Å²) in [7, 11) is 1.76. The first-order valence-electron chi connectivity index (χ1n) is 4.26. The fourth-order valence-electron chi connectivity index (χ4n) is 1.24. The van der Waals surface area contributed by atoms with Crippen molar-refractivity contribution in [3.63, 3.8) is 0 Å². The molecule has 0 fully saturated rings. The van der Waals surface area contributed by atoms with Crippen molar-refractivity contribution in [1.29, 1.82) is 0 Å². The third kappa shape index (κ3) is 2.36. The molecule has 0 atom stereocenters. The number of aromatic nitrogens is 1. The molecular formula is C10H14N2O. The molecule has 0 saturated carbocycles. The number of ketones is 1. The highest BCUT2D eigenvalue weighted by molar-refractivity contribution is 5.98. The van der Waals surface area contributed by atoms with Gasteiger partial charge >= 0.3 is 0 Å². The maximum absolute atomic E-state index is 11.5. The number of nitrogens with zero attached hydrogens (tertiary/aromatic N) is 1. The van der Waals surface area contributed by atoms with Crippen molar-refractivity contribution < 1.29 is 4.79 Å². The third-order valence-corrected chi connectivity index (χ3v) is 1.89. The highest BCUT2D eigenvalue weighted by Crippen LogP contribution is 2.07. The lowest BCUT2D eigenvalue weighted by atomic mass is 10.1. The first kappa shape index (κ1) is 9.86. The van der Waals surface area contributed by atoms with E-state index < -0.39 is 0 Å². The van der Waals surface area contributed by atoms with Gasteiger partial charge in [0.2, 0.25) is 0 Å². The maximum Gasteiger partial charge on any atom is 0.178 e. The molecule has 0 saturated heterocycles. The number of hydrogen-bond acceptors (Lipinski definition) is 3. The van der Waals surface area contributed by atoms with Crippen molar-refractivity contribution in [3.8, 4) is 0 Å². The Morgan fingerprint density at radius 3 is 2.77 bits per heavy atom. The van der Waals surface area contributed by atoms with E-state index in [0.29, 0.717) is 12.1 Å². The van der Waals surface area contributed by atoms with Gasteiger partial charge in [0.1, 0.15) is 0 Å². The Kier molecular flexibility index (Phi) is 3.14. The third-order valence-electron chi connectivity index (χ3n) is 1.89. The van der Waals surface area contributed by atoms with Gasteiger partial charge in [-0.2, -0.15) is 0 Å². The minimum atomic E-state index is 0.0903. The normalized spacial score (nSPS) is 10.1. The molecule has 13 heavy (non-hydrogen) atoms. The molecule has 1 rings (SSSR count). The number of likely N-dealkylation sites (N-methyl/N-ethyl adjacent to an activating group) is 1. The largest absolute Gasteiger partial charge is 0.313 e. The second-order valence-corrected chi connectivity index (χ2v) is 3.09. The summed E-state index contributed by atoms with van der Waals surface area (Å²) in [4.78, 5) is 15.6. The molecule has 0 radical (unpaired) electrons. The van der Waals surface area contributed by atoms with E-state index in [1.807, 2.05) is 19.9 Å². The first-order valence-corrected chi connectivity index (χ1v) is 4.26. The number of rotatable bonds is 3. The predicted molar refractivity (Wildman–Crippen MR) is 52.0 cm³/mol. The summed E-state index contributed by atoms with van der Waals surface area (Å²) in [5.41, 5.74) is 2.64. The summed E-state index contributed by atoms with van der Waals surface area (Å²) in [6.45, 7) is 4.21. The lowest BCUT2D eigenvalue weighted by Gasteiger charge is -2.04. The fourth-order valence-corrected chi connectivity index (χ4v) is 1.24. The van der Waals surface area contributed by atoms with Gasteiger partial charge in [-0.1, -0.05) is 0 Å². The number of hydrogen-bond donors (Lipinski definition) is 1. The van der Waals surface area contributed by atoms with Crippen LogP contribution in [-0.2, 0) is 0 Å². The number of carbonyl (C=O) groups is 1. The van der Waals surface area contributed by atoms with E-state index in [0.717, 1.165) is 11.3 Å². The summed E-state index contributed by atoms with van der Waals surface area (Å²) in [5.74, 6) is 0.0903. The zero-order chi connectivity index (χ0) is 9.84. The number of aryl methyl sites for hydroxylation is 2. The summed E-state index contributed by atoms with van der Waals surface area (Å²) < 4.78 is 0. The molecule has 3 nitrogen and oxygen atoms in total. The molecule has 0 amide bonds. The average molecular weight is 178 g/mol. The van der Waals surface area contributed by atoms with E-state index in [2.05, 4.69) is 10.3 Å². The molecule has 3 heteroatoms. The fraction of sp³-hybridized carbons (Fsp3) is 0.400. The van der Waals surface area contributed by atoms with Crippen LogP contribution < -0.4 is 5.32 Å². The monoisotopic (exact) mass is 178 g/mol. The van der Waals surface area contributed by atoms with Crippen molar-refractivity contribution >= 4 is 5.78 Å². The van der Waals surface area contributed by atoms with E-state index in [1.165, 1.54) is 0 Å². The minimum absolute atomic E-state index is 0.0903. The van der Waals surface area contributed by atoms with Crippen LogP contribution >= 0.6 is 0 Å². The topological polar surface area (TPSA) is 42.0 Å². The average Bonchev–Trinajstić information content (AvgIpc) is 2.04. The molecule has 70 valence electrons. The van der Waals surface area contributed by atoms with Crippen LogP contribution in [0.2, 0.25) is 0 Å². The summed E-state index contributed by atoms with van der Waals surface area (Å²) in [6, 6.07) is 1.92. The Hall–Kier alpha value is -1.22. The van der Waals surface area contributed by atoms with Crippen LogP contribution in [0.1, 0.15) is 21.6 Å². The highest BCUT2D eigenvalue weighted by Gasteiger charge is 2.07. The number of carbonyl (C=O) groups excluding carboxylic acids is 1. The molecule has 0 spiro atoms. The summed E-state index contributed by atoms with van der Waals surface area (Å²) in [6.07, 6.45) is 1.64. The standard InChI is InChI=1S/C10H14N2O/c1-7-4-8(2)12-5-9(7)10(13)6-11-3/h4-5,11H,6H2,1-3H3. The quantitative estimate of drug-likeness (QED) is 0.705. The number of pyridine rings is 1. The Balaban J connectivity index is 2.95. The first-order chi connectivity index (χ1) is 6.15. The van der Waals surface area contributed by atoms with E-state index in [4.69, 9.17) is 0 Å². The molecule has 1 aromatic rings. The van der Waals surface area contributed by atoms with Gasteiger partial charge in [-0.25, -0.2) is 0 Å². The summed E-state index contributed by atoms with van der Waals surface area (Å²) >= 11 is 0. The van der Waals surface area contributed by atoms with E-state index in [9.17, 15) is 4.79 Å². The molecule has 0 aliphatic carbocycles. The van der Waals surface area contributed by atoms with Crippen LogP contribution in [0, 0.1) is 13.8 Å². The van der Waals surface area contributed by atoms with E-state index in [-0.39, 0.29) is 5.78 Å². The minimum Gasteiger partial charge on any atom is -0.313 e. The van der Waals surface area contributed by atoms with Crippen LogP contribution in [-0.4, -0.2) is 24.4 Å². The van der Waals surface area contributed by atoms with Crippen molar-refractivity contribution in [3.05, 3.63) is 29.1 Å². The number of nitrogens with one attached hydrogen (secondary N) is 1. The summed E-state index contributed by atoms with van der Waals surface area (Å²) in [5, 5.41) is 2.83.